The Morgan fingerprint density at radius 3 is 2.60 bits per heavy atom. The zero-order chi connectivity index (χ0) is 18.0. The summed E-state index contributed by atoms with van der Waals surface area (Å²) in [4.78, 5) is 11.9. The van der Waals surface area contributed by atoms with Crippen LogP contribution in [0.3, 0.4) is 0 Å². The van der Waals surface area contributed by atoms with E-state index in [-0.39, 0.29) is 11.8 Å². The number of benzene rings is 2. The van der Waals surface area contributed by atoms with Crippen LogP contribution in [0.1, 0.15) is 36.1 Å². The molecular formula is C20H20BrNO3. The summed E-state index contributed by atoms with van der Waals surface area (Å²) in [7, 11) is 0. The molecule has 3 aromatic rings. The van der Waals surface area contributed by atoms with Crippen molar-refractivity contribution in [2.75, 3.05) is 0 Å². The van der Waals surface area contributed by atoms with Crippen LogP contribution in [0.15, 0.2) is 56.1 Å². The highest BCUT2D eigenvalue weighted by Crippen LogP contribution is 2.28. The molecule has 4 nitrogen and oxygen atoms in total. The molecule has 0 aliphatic rings. The van der Waals surface area contributed by atoms with E-state index in [9.17, 15) is 9.90 Å². The Morgan fingerprint density at radius 1 is 1.20 bits per heavy atom. The summed E-state index contributed by atoms with van der Waals surface area (Å²) >= 11 is 3.45. The van der Waals surface area contributed by atoms with Gasteiger partial charge < -0.3 is 14.8 Å². The molecule has 2 N–H and O–H groups in total. The van der Waals surface area contributed by atoms with E-state index in [0.717, 1.165) is 21.8 Å². The van der Waals surface area contributed by atoms with Crippen LogP contribution in [0.5, 0.6) is 5.75 Å². The third-order valence-corrected chi connectivity index (χ3v) is 4.97. The molecule has 1 aromatic heterocycles. The smallest absolute Gasteiger partial charge is 0.336 e. The molecule has 25 heavy (non-hydrogen) atoms. The topological polar surface area (TPSA) is 62.5 Å². The number of hydrogen-bond donors (Lipinski definition) is 2. The number of rotatable bonds is 5. The average molecular weight is 402 g/mol. The summed E-state index contributed by atoms with van der Waals surface area (Å²) in [6.07, 6.45) is 0.931. The lowest BCUT2D eigenvalue weighted by molar-refractivity contribution is 0.468. The Hall–Kier alpha value is -2.11. The maximum Gasteiger partial charge on any atom is 0.336 e. The van der Waals surface area contributed by atoms with Crippen LogP contribution < -0.4 is 10.9 Å². The Balaban J connectivity index is 1.91. The van der Waals surface area contributed by atoms with Crippen molar-refractivity contribution in [2.24, 2.45) is 0 Å². The predicted molar refractivity (Wildman–Crippen MR) is 103 cm³/mol. The Bertz CT molecular complexity index is 948. The highest BCUT2D eigenvalue weighted by Gasteiger charge is 2.13. The fourth-order valence-electron chi connectivity index (χ4n) is 2.99. The lowest BCUT2D eigenvalue weighted by Gasteiger charge is -2.18. The highest BCUT2D eigenvalue weighted by atomic mass is 79.9. The largest absolute Gasteiger partial charge is 0.508 e. The maximum atomic E-state index is 11.9. The third kappa shape index (κ3) is 3.78. The molecule has 2 aromatic carbocycles. The number of nitrogens with one attached hydrogen (secondary N) is 1. The quantitative estimate of drug-likeness (QED) is 0.602. The summed E-state index contributed by atoms with van der Waals surface area (Å²) < 4.78 is 6.35. The first-order chi connectivity index (χ1) is 12.0. The fraction of sp³-hybridized carbons (Fsp3) is 0.250. The number of hydrogen-bond acceptors (Lipinski definition) is 4. The molecule has 0 fully saturated rings. The van der Waals surface area contributed by atoms with Gasteiger partial charge in [-0.1, -0.05) is 35.0 Å². The van der Waals surface area contributed by atoms with Crippen LogP contribution in [0.4, 0.5) is 0 Å². The molecule has 130 valence electrons. The number of halogens is 1. The van der Waals surface area contributed by atoms with E-state index in [1.807, 2.05) is 12.1 Å². The van der Waals surface area contributed by atoms with Crippen molar-refractivity contribution in [3.8, 4) is 5.75 Å². The van der Waals surface area contributed by atoms with E-state index in [2.05, 4.69) is 40.3 Å². The second kappa shape index (κ2) is 7.42. The van der Waals surface area contributed by atoms with Crippen molar-refractivity contribution in [2.45, 2.75) is 32.9 Å². The minimum atomic E-state index is -0.408. The summed E-state index contributed by atoms with van der Waals surface area (Å²) in [6.45, 7) is 4.41. The zero-order valence-electron chi connectivity index (χ0n) is 14.2. The van der Waals surface area contributed by atoms with Crippen LogP contribution in [0.2, 0.25) is 0 Å². The molecule has 0 spiro atoms. The van der Waals surface area contributed by atoms with Crippen molar-refractivity contribution in [1.29, 1.82) is 0 Å². The van der Waals surface area contributed by atoms with Gasteiger partial charge in [0.2, 0.25) is 0 Å². The molecule has 0 saturated carbocycles. The van der Waals surface area contributed by atoms with Crippen LogP contribution in [0.25, 0.3) is 11.0 Å². The molecule has 0 bridgehead atoms. The first kappa shape index (κ1) is 17.7. The Labute approximate surface area is 154 Å². The standard InChI is InChI=1S/C20H20BrNO3/c1-3-17(13-4-6-15(21)7-5-13)22-11-14-10-19(24)25-20-12(2)18(23)9-8-16(14)20/h4-10,17,22-23H,3,11H2,1-2H3/t17-/m0/s1. The van der Waals surface area contributed by atoms with Crippen molar-refractivity contribution in [3.63, 3.8) is 0 Å². The molecule has 0 amide bonds. The molecule has 1 atom stereocenters. The minimum absolute atomic E-state index is 0.127. The van der Waals surface area contributed by atoms with E-state index in [4.69, 9.17) is 4.42 Å². The van der Waals surface area contributed by atoms with Gasteiger partial charge in [0.05, 0.1) is 0 Å². The lowest BCUT2D eigenvalue weighted by Crippen LogP contribution is -2.21. The Kier molecular flexibility index (Phi) is 5.25. The Morgan fingerprint density at radius 2 is 1.92 bits per heavy atom. The van der Waals surface area contributed by atoms with E-state index in [0.29, 0.717) is 17.7 Å². The van der Waals surface area contributed by atoms with Gasteiger partial charge in [-0.05, 0) is 48.7 Å². The van der Waals surface area contributed by atoms with Gasteiger partial charge in [-0.2, -0.15) is 0 Å². The van der Waals surface area contributed by atoms with E-state index < -0.39 is 5.63 Å². The third-order valence-electron chi connectivity index (χ3n) is 4.44. The summed E-state index contributed by atoms with van der Waals surface area (Å²) in [5.74, 6) is 0.127. The lowest BCUT2D eigenvalue weighted by atomic mass is 10.0. The number of phenols is 1. The van der Waals surface area contributed by atoms with Gasteiger partial charge in [0.1, 0.15) is 11.3 Å². The molecular weight excluding hydrogens is 382 g/mol. The number of phenolic OH excluding ortho intramolecular Hbond substituents is 1. The van der Waals surface area contributed by atoms with Crippen molar-refractivity contribution in [1.82, 2.24) is 5.32 Å². The van der Waals surface area contributed by atoms with E-state index in [1.54, 1.807) is 19.1 Å². The van der Waals surface area contributed by atoms with Crippen molar-refractivity contribution in [3.05, 3.63) is 74.0 Å². The molecule has 1 heterocycles. The number of aryl methyl sites for hydroxylation is 1. The van der Waals surface area contributed by atoms with Gasteiger partial charge >= 0.3 is 5.63 Å². The van der Waals surface area contributed by atoms with Crippen LogP contribution in [-0.2, 0) is 6.54 Å². The fourth-order valence-corrected chi connectivity index (χ4v) is 3.25. The number of aromatic hydroxyl groups is 1. The first-order valence-electron chi connectivity index (χ1n) is 8.23. The molecule has 0 unspecified atom stereocenters. The average Bonchev–Trinajstić information content (AvgIpc) is 2.60. The zero-order valence-corrected chi connectivity index (χ0v) is 15.8. The van der Waals surface area contributed by atoms with Gasteiger partial charge in [-0.3, -0.25) is 0 Å². The molecule has 0 aliphatic carbocycles. The van der Waals surface area contributed by atoms with Gasteiger partial charge in [-0.25, -0.2) is 4.79 Å². The van der Waals surface area contributed by atoms with E-state index >= 15 is 0 Å². The monoisotopic (exact) mass is 401 g/mol. The molecule has 3 rings (SSSR count). The van der Waals surface area contributed by atoms with Gasteiger partial charge in [-0.15, -0.1) is 0 Å². The molecule has 0 aliphatic heterocycles. The van der Waals surface area contributed by atoms with Crippen molar-refractivity contribution < 1.29 is 9.52 Å². The highest BCUT2D eigenvalue weighted by molar-refractivity contribution is 9.10. The SMILES string of the molecule is CC[C@H](NCc1cc(=O)oc2c(C)c(O)ccc12)c1ccc(Br)cc1. The minimum Gasteiger partial charge on any atom is -0.508 e. The number of fused-ring (bicyclic) bond motifs is 1. The van der Waals surface area contributed by atoms with Crippen LogP contribution >= 0.6 is 15.9 Å². The molecule has 0 radical (unpaired) electrons. The first-order valence-corrected chi connectivity index (χ1v) is 9.03. The van der Waals surface area contributed by atoms with Gasteiger partial charge in [0, 0.05) is 34.1 Å². The van der Waals surface area contributed by atoms with Crippen LogP contribution in [0, 0.1) is 6.92 Å². The summed E-state index contributed by atoms with van der Waals surface area (Å²) in [5.41, 5.74) is 2.68. The normalized spacial score (nSPS) is 12.4. The van der Waals surface area contributed by atoms with Crippen LogP contribution in [-0.4, -0.2) is 5.11 Å². The second-order valence-corrected chi connectivity index (χ2v) is 6.99. The van der Waals surface area contributed by atoms with Gasteiger partial charge in [0.15, 0.2) is 0 Å². The van der Waals surface area contributed by atoms with E-state index in [1.165, 1.54) is 11.6 Å². The molecule has 5 heteroatoms. The maximum absolute atomic E-state index is 11.9. The second-order valence-electron chi connectivity index (χ2n) is 6.07. The van der Waals surface area contributed by atoms with Crippen molar-refractivity contribution >= 4 is 26.9 Å². The molecule has 0 saturated heterocycles. The van der Waals surface area contributed by atoms with Gasteiger partial charge in [0.25, 0.3) is 0 Å². The summed E-state index contributed by atoms with van der Waals surface area (Å²) in [5, 5.41) is 14.2. The predicted octanol–water partition coefficient (Wildman–Crippen LogP) is 4.81. The summed E-state index contributed by atoms with van der Waals surface area (Å²) in [6, 6.07) is 13.4.